The van der Waals surface area contributed by atoms with Gasteiger partial charge in [-0.05, 0) is 30.5 Å². The number of aliphatic hydroxyl groups excluding tert-OH is 3. The molecule has 10 heteroatoms. The number of aliphatic hydroxyl groups is 3. The van der Waals surface area contributed by atoms with Crippen LogP contribution in [0.1, 0.15) is 31.2 Å². The fraction of sp³-hybridized carbons (Fsp3) is 0.769. The smallest absolute Gasteiger partial charge is 0.118 e. The zero-order valence-electron chi connectivity index (χ0n) is 20.4. The molecule has 1 aromatic carbocycles. The summed E-state index contributed by atoms with van der Waals surface area (Å²) in [5, 5.41) is 32.2. The standard InChI is InChI=1S/C26H36O10/c1-30-14-6-4-13(5-7-14)12-32-16-9-17-24(35-20(16)11-27)22(29)26-19(34-17)10-18-25(36-26)21(28)23-15(33-18)3-2-8-31-23/h4-7,15-29H,2-3,8-12H2,1H3/t15-,16-,17+,18+,19-,20+,21+,22-,23-,24+,25+,26-/m0/s1. The van der Waals surface area contributed by atoms with E-state index in [-0.39, 0.29) is 18.8 Å². The molecule has 0 bridgehead atoms. The molecule has 0 radical (unpaired) electrons. The Morgan fingerprint density at radius 2 is 1.50 bits per heavy atom. The van der Waals surface area contributed by atoms with Gasteiger partial charge in [-0.3, -0.25) is 0 Å². The Morgan fingerprint density at radius 1 is 0.833 bits per heavy atom. The fourth-order valence-electron chi connectivity index (χ4n) is 6.37. The van der Waals surface area contributed by atoms with Gasteiger partial charge in [0.1, 0.15) is 48.5 Å². The van der Waals surface area contributed by atoms with Gasteiger partial charge in [0.05, 0.1) is 50.8 Å². The first-order chi connectivity index (χ1) is 17.6. The highest BCUT2D eigenvalue weighted by atomic mass is 16.6. The van der Waals surface area contributed by atoms with Gasteiger partial charge in [0, 0.05) is 19.4 Å². The van der Waals surface area contributed by atoms with Crippen molar-refractivity contribution in [1.82, 2.24) is 0 Å². The minimum absolute atomic E-state index is 0.157. The van der Waals surface area contributed by atoms with Gasteiger partial charge in [-0.15, -0.1) is 0 Å². The Hall–Kier alpha value is -1.34. The molecule has 6 rings (SSSR count). The van der Waals surface area contributed by atoms with Gasteiger partial charge >= 0.3 is 0 Å². The molecule has 3 N–H and O–H groups in total. The Bertz CT molecular complexity index is 882. The van der Waals surface area contributed by atoms with Crippen molar-refractivity contribution in [3.05, 3.63) is 29.8 Å². The van der Waals surface area contributed by atoms with Crippen LogP contribution < -0.4 is 4.74 Å². The summed E-state index contributed by atoms with van der Waals surface area (Å²) in [6, 6.07) is 7.61. The second-order valence-electron chi connectivity index (χ2n) is 10.4. The molecule has 5 aliphatic rings. The van der Waals surface area contributed by atoms with Crippen LogP contribution in [-0.2, 0) is 35.0 Å². The molecular formula is C26H36O10. The van der Waals surface area contributed by atoms with Crippen molar-refractivity contribution in [1.29, 1.82) is 0 Å². The molecule has 0 aliphatic carbocycles. The van der Waals surface area contributed by atoms with Crippen molar-refractivity contribution in [2.75, 3.05) is 20.3 Å². The van der Waals surface area contributed by atoms with Gasteiger partial charge in [0.15, 0.2) is 0 Å². The Labute approximate surface area is 210 Å². The lowest BCUT2D eigenvalue weighted by molar-refractivity contribution is -0.350. The molecule has 0 aromatic heterocycles. The molecule has 0 saturated carbocycles. The second-order valence-corrected chi connectivity index (χ2v) is 10.4. The minimum atomic E-state index is -0.969. The monoisotopic (exact) mass is 508 g/mol. The van der Waals surface area contributed by atoms with E-state index in [9.17, 15) is 15.3 Å². The van der Waals surface area contributed by atoms with Crippen LogP contribution in [0.3, 0.4) is 0 Å². The number of fused-ring (bicyclic) bond motifs is 4. The zero-order chi connectivity index (χ0) is 24.8. The summed E-state index contributed by atoms with van der Waals surface area (Å²) in [7, 11) is 1.62. The first-order valence-electron chi connectivity index (χ1n) is 13.0. The Kier molecular flexibility index (Phi) is 7.24. The van der Waals surface area contributed by atoms with Gasteiger partial charge in [-0.2, -0.15) is 0 Å². The van der Waals surface area contributed by atoms with Gasteiger partial charge in [0.2, 0.25) is 0 Å². The minimum Gasteiger partial charge on any atom is -0.497 e. The average molecular weight is 509 g/mol. The van der Waals surface area contributed by atoms with Crippen molar-refractivity contribution in [3.8, 4) is 5.75 Å². The molecule has 1 aromatic rings. The predicted octanol–water partition coefficient (Wildman–Crippen LogP) is 0.323. The van der Waals surface area contributed by atoms with Crippen LogP contribution in [-0.4, -0.2) is 109 Å². The van der Waals surface area contributed by atoms with Crippen LogP contribution in [0.25, 0.3) is 0 Å². The molecule has 0 unspecified atom stereocenters. The largest absolute Gasteiger partial charge is 0.497 e. The Balaban J connectivity index is 1.12. The Morgan fingerprint density at radius 3 is 2.22 bits per heavy atom. The van der Waals surface area contributed by atoms with Crippen LogP contribution in [0, 0.1) is 0 Å². The summed E-state index contributed by atoms with van der Waals surface area (Å²) in [4.78, 5) is 0. The SMILES string of the molecule is COc1ccc(CO[C@H]2C[C@H]3O[C@H]4C[C@H]5O[C@H]6CCCO[C@@H]6[C@@H](O)[C@@H]5O[C@@H]4[C@@H](O)[C@@H]3O[C@@H]2CO)cc1. The summed E-state index contributed by atoms with van der Waals surface area (Å²) < 4.78 is 42.1. The van der Waals surface area contributed by atoms with Crippen LogP contribution in [0.15, 0.2) is 24.3 Å². The van der Waals surface area contributed by atoms with Gasteiger partial charge in [-0.1, -0.05) is 12.1 Å². The van der Waals surface area contributed by atoms with E-state index in [1.54, 1.807) is 7.11 Å². The van der Waals surface area contributed by atoms with Gasteiger partial charge in [0.25, 0.3) is 0 Å². The number of methoxy groups -OCH3 is 1. The molecule has 10 nitrogen and oxygen atoms in total. The average Bonchev–Trinajstić information content (AvgIpc) is 2.91. The molecule has 200 valence electrons. The quantitative estimate of drug-likeness (QED) is 0.512. The molecule has 5 heterocycles. The predicted molar refractivity (Wildman–Crippen MR) is 124 cm³/mol. The number of hydrogen-bond donors (Lipinski definition) is 3. The van der Waals surface area contributed by atoms with E-state index in [1.165, 1.54) is 0 Å². The first-order valence-corrected chi connectivity index (χ1v) is 13.0. The van der Waals surface area contributed by atoms with Crippen LogP contribution in [0.4, 0.5) is 0 Å². The topological polar surface area (TPSA) is 125 Å². The van der Waals surface area contributed by atoms with E-state index < -0.39 is 61.0 Å². The second kappa shape index (κ2) is 10.4. The van der Waals surface area contributed by atoms with Crippen molar-refractivity contribution in [3.63, 3.8) is 0 Å². The van der Waals surface area contributed by atoms with E-state index in [0.29, 0.717) is 26.1 Å². The first kappa shape index (κ1) is 25.0. The van der Waals surface area contributed by atoms with Gasteiger partial charge < -0.3 is 48.5 Å². The van der Waals surface area contributed by atoms with Crippen LogP contribution in [0.2, 0.25) is 0 Å². The number of benzene rings is 1. The highest BCUT2D eigenvalue weighted by Gasteiger charge is 2.58. The van der Waals surface area contributed by atoms with Crippen LogP contribution >= 0.6 is 0 Å². The van der Waals surface area contributed by atoms with E-state index in [2.05, 4.69) is 0 Å². The van der Waals surface area contributed by atoms with E-state index in [4.69, 9.17) is 33.2 Å². The molecule has 5 saturated heterocycles. The van der Waals surface area contributed by atoms with Crippen LogP contribution in [0.5, 0.6) is 5.75 Å². The maximum absolute atomic E-state index is 11.2. The highest BCUT2D eigenvalue weighted by molar-refractivity contribution is 5.26. The summed E-state index contributed by atoms with van der Waals surface area (Å²) in [6.07, 6.45) is -3.70. The van der Waals surface area contributed by atoms with E-state index >= 15 is 0 Å². The molecular weight excluding hydrogens is 472 g/mol. The summed E-state index contributed by atoms with van der Waals surface area (Å²) >= 11 is 0. The number of ether oxygens (including phenoxy) is 7. The third-order valence-electron chi connectivity index (χ3n) is 8.25. The normalized spacial score (nSPS) is 46.1. The zero-order valence-corrected chi connectivity index (χ0v) is 20.4. The molecule has 5 fully saturated rings. The third kappa shape index (κ3) is 4.57. The number of hydrogen-bond acceptors (Lipinski definition) is 10. The lowest BCUT2D eigenvalue weighted by atomic mass is 9.81. The van der Waals surface area contributed by atoms with Crippen molar-refractivity contribution in [2.24, 2.45) is 0 Å². The lowest BCUT2D eigenvalue weighted by Gasteiger charge is -2.56. The maximum atomic E-state index is 11.2. The molecule has 0 spiro atoms. The molecule has 0 amide bonds. The summed E-state index contributed by atoms with van der Waals surface area (Å²) in [5.74, 6) is 0.771. The number of rotatable bonds is 5. The summed E-state index contributed by atoms with van der Waals surface area (Å²) in [6.45, 7) is 0.707. The highest BCUT2D eigenvalue weighted by Crippen LogP contribution is 2.43. The molecule has 36 heavy (non-hydrogen) atoms. The van der Waals surface area contributed by atoms with Crippen molar-refractivity contribution in [2.45, 2.75) is 106 Å². The summed E-state index contributed by atoms with van der Waals surface area (Å²) in [5.41, 5.74) is 0.976. The van der Waals surface area contributed by atoms with Gasteiger partial charge in [-0.25, -0.2) is 0 Å². The van der Waals surface area contributed by atoms with Crippen molar-refractivity contribution >= 4 is 0 Å². The fourth-order valence-corrected chi connectivity index (χ4v) is 6.37. The molecule has 5 aliphatic heterocycles. The maximum Gasteiger partial charge on any atom is 0.118 e. The third-order valence-corrected chi connectivity index (χ3v) is 8.25. The van der Waals surface area contributed by atoms with E-state index in [1.807, 2.05) is 24.3 Å². The van der Waals surface area contributed by atoms with E-state index in [0.717, 1.165) is 24.2 Å². The van der Waals surface area contributed by atoms with Crippen molar-refractivity contribution < 1.29 is 48.5 Å². The molecule has 12 atom stereocenters. The lowest BCUT2D eigenvalue weighted by Crippen LogP contribution is -2.71.